The highest BCUT2D eigenvalue weighted by Gasteiger charge is 2.35. The average Bonchev–Trinajstić information content (AvgIpc) is 3.12. The van der Waals surface area contributed by atoms with Gasteiger partial charge >= 0.3 is 0 Å². The number of hydrogen-bond donors (Lipinski definition) is 0. The molecule has 7 aromatic carbocycles. The third kappa shape index (κ3) is 4.73. The van der Waals surface area contributed by atoms with Gasteiger partial charge in [0.2, 0.25) is 0 Å². The van der Waals surface area contributed by atoms with Gasteiger partial charge in [0, 0.05) is 22.1 Å². The monoisotopic (exact) mass is 590 g/mol. The van der Waals surface area contributed by atoms with Crippen molar-refractivity contribution in [2.75, 3.05) is 0 Å². The summed E-state index contributed by atoms with van der Waals surface area (Å²) in [5, 5.41) is 0. The first-order valence-corrected chi connectivity index (χ1v) is 15.9. The van der Waals surface area contributed by atoms with Crippen molar-refractivity contribution in [3.05, 3.63) is 181 Å². The molecule has 0 saturated heterocycles. The fraction of sp³-hybridized carbons (Fsp3) is 0.0667. The van der Waals surface area contributed by atoms with E-state index in [9.17, 15) is 0 Å². The minimum Gasteiger partial charge on any atom is -0.456 e. The van der Waals surface area contributed by atoms with E-state index in [1.165, 1.54) is 55.6 Å². The molecule has 0 N–H and O–H groups in total. The summed E-state index contributed by atoms with van der Waals surface area (Å²) in [6.07, 6.45) is 0. The summed E-state index contributed by atoms with van der Waals surface area (Å²) in [7, 11) is 0. The molecular weight excluding hydrogens is 556 g/mol. The molecule has 1 heteroatoms. The maximum absolute atomic E-state index is 6.71. The first kappa shape index (κ1) is 27.9. The molecule has 0 bridgehead atoms. The van der Waals surface area contributed by atoms with Crippen molar-refractivity contribution in [2.24, 2.45) is 0 Å². The molecule has 1 aliphatic heterocycles. The van der Waals surface area contributed by atoms with Crippen LogP contribution < -0.4 is 4.74 Å². The Morgan fingerprint density at radius 1 is 0.370 bits per heavy atom. The van der Waals surface area contributed by atoms with Gasteiger partial charge in [-0.1, -0.05) is 172 Å². The van der Waals surface area contributed by atoms with Crippen molar-refractivity contribution in [2.45, 2.75) is 19.3 Å². The molecule has 7 aromatic rings. The van der Waals surface area contributed by atoms with Crippen LogP contribution in [0.2, 0.25) is 0 Å². The molecule has 1 nitrogen and oxygen atoms in total. The van der Waals surface area contributed by atoms with E-state index in [-0.39, 0.29) is 5.41 Å². The Balaban J connectivity index is 1.39. The van der Waals surface area contributed by atoms with Gasteiger partial charge in [-0.3, -0.25) is 0 Å². The highest BCUT2D eigenvalue weighted by atomic mass is 16.5. The van der Waals surface area contributed by atoms with E-state index in [0.29, 0.717) is 0 Å². The number of rotatable bonds is 5. The van der Waals surface area contributed by atoms with Gasteiger partial charge in [0.1, 0.15) is 11.5 Å². The number of benzene rings is 7. The van der Waals surface area contributed by atoms with Crippen LogP contribution in [0.15, 0.2) is 170 Å². The Kier molecular flexibility index (Phi) is 6.88. The molecule has 0 aliphatic carbocycles. The summed E-state index contributed by atoms with van der Waals surface area (Å²) in [4.78, 5) is 0. The second kappa shape index (κ2) is 11.4. The molecule has 0 spiro atoms. The number of para-hydroxylation sites is 2. The fourth-order valence-corrected chi connectivity index (χ4v) is 7.06. The van der Waals surface area contributed by atoms with Crippen LogP contribution in [-0.4, -0.2) is 0 Å². The summed E-state index contributed by atoms with van der Waals surface area (Å²) < 4.78 is 6.71. The number of fused-ring (bicyclic) bond motifs is 2. The van der Waals surface area contributed by atoms with Gasteiger partial charge in [0.05, 0.1) is 0 Å². The molecule has 8 rings (SSSR count). The zero-order valence-electron chi connectivity index (χ0n) is 26.1. The van der Waals surface area contributed by atoms with E-state index >= 15 is 0 Å². The van der Waals surface area contributed by atoms with E-state index < -0.39 is 0 Å². The molecule has 1 heterocycles. The number of hydrogen-bond acceptors (Lipinski definition) is 1. The lowest BCUT2D eigenvalue weighted by Gasteiger charge is -2.35. The largest absolute Gasteiger partial charge is 0.456 e. The molecule has 0 atom stereocenters. The Bertz CT molecular complexity index is 2180. The van der Waals surface area contributed by atoms with E-state index in [2.05, 4.69) is 184 Å². The second-order valence-corrected chi connectivity index (χ2v) is 12.5. The lowest BCUT2D eigenvalue weighted by atomic mass is 9.75. The maximum Gasteiger partial charge on any atom is 0.139 e. The standard InChI is InChI=1S/C45H34O/c1-45(2)39-25-12-13-27-41(39)46-44-38(24-15-26-40(44)45)34-22-14-23-35(30-34)43-37(32-18-8-4-9-19-32)29-28-36(31-16-6-3-7-17-31)42(43)33-20-10-5-11-21-33/h3-30H,1-2H3. The highest BCUT2D eigenvalue weighted by molar-refractivity contribution is 6.02. The summed E-state index contributed by atoms with van der Waals surface area (Å²) in [6, 6.07) is 60.8. The van der Waals surface area contributed by atoms with E-state index in [1.54, 1.807) is 0 Å². The number of ether oxygens (including phenoxy) is 1. The third-order valence-electron chi connectivity index (χ3n) is 9.36. The lowest BCUT2D eigenvalue weighted by Crippen LogP contribution is -2.24. The van der Waals surface area contributed by atoms with Crippen LogP contribution in [0.3, 0.4) is 0 Å². The van der Waals surface area contributed by atoms with Crippen molar-refractivity contribution >= 4 is 0 Å². The van der Waals surface area contributed by atoms with Gasteiger partial charge in [-0.15, -0.1) is 0 Å². The van der Waals surface area contributed by atoms with Crippen LogP contribution in [0.1, 0.15) is 25.0 Å². The smallest absolute Gasteiger partial charge is 0.139 e. The normalized spacial score (nSPS) is 12.9. The highest BCUT2D eigenvalue weighted by Crippen LogP contribution is 2.52. The zero-order valence-corrected chi connectivity index (χ0v) is 26.1. The van der Waals surface area contributed by atoms with Crippen LogP contribution in [0, 0.1) is 0 Å². The maximum atomic E-state index is 6.71. The van der Waals surface area contributed by atoms with Gasteiger partial charge < -0.3 is 4.74 Å². The SMILES string of the molecule is CC1(C)c2ccccc2Oc2c(-c3cccc(-c4c(-c5ccccc5)ccc(-c5ccccc5)c4-c4ccccc4)c3)cccc21. The third-order valence-corrected chi connectivity index (χ3v) is 9.36. The zero-order chi connectivity index (χ0) is 31.1. The van der Waals surface area contributed by atoms with Crippen molar-refractivity contribution in [1.82, 2.24) is 0 Å². The molecule has 0 fully saturated rings. The minimum atomic E-state index is -0.178. The van der Waals surface area contributed by atoms with Crippen molar-refractivity contribution in [3.63, 3.8) is 0 Å². The van der Waals surface area contributed by atoms with Crippen molar-refractivity contribution in [3.8, 4) is 67.1 Å². The first-order chi connectivity index (χ1) is 22.6. The Hall–Kier alpha value is -5.66. The van der Waals surface area contributed by atoms with E-state index in [1.807, 2.05) is 0 Å². The summed E-state index contributed by atoms with van der Waals surface area (Å²) in [5.74, 6) is 1.87. The molecule has 0 unspecified atom stereocenters. The predicted molar refractivity (Wildman–Crippen MR) is 192 cm³/mol. The van der Waals surface area contributed by atoms with Gasteiger partial charge in [-0.2, -0.15) is 0 Å². The summed E-state index contributed by atoms with van der Waals surface area (Å²) in [6.45, 7) is 4.58. The van der Waals surface area contributed by atoms with E-state index in [4.69, 9.17) is 4.74 Å². The van der Waals surface area contributed by atoms with Crippen LogP contribution in [-0.2, 0) is 5.41 Å². The predicted octanol–water partition coefficient (Wildman–Crippen LogP) is 12.5. The van der Waals surface area contributed by atoms with E-state index in [0.717, 1.165) is 22.6 Å². The Labute approximate surface area is 271 Å². The Morgan fingerprint density at radius 3 is 1.50 bits per heavy atom. The molecule has 1 aliphatic rings. The molecular formula is C45H34O. The molecule has 0 radical (unpaired) electrons. The topological polar surface area (TPSA) is 9.23 Å². The minimum absolute atomic E-state index is 0.178. The van der Waals surface area contributed by atoms with Crippen LogP contribution in [0.5, 0.6) is 11.5 Å². The van der Waals surface area contributed by atoms with Crippen LogP contribution in [0.25, 0.3) is 55.6 Å². The van der Waals surface area contributed by atoms with Crippen molar-refractivity contribution < 1.29 is 4.74 Å². The van der Waals surface area contributed by atoms with Crippen LogP contribution >= 0.6 is 0 Å². The molecule has 0 amide bonds. The molecule has 0 saturated carbocycles. The van der Waals surface area contributed by atoms with Gasteiger partial charge in [-0.05, 0) is 62.2 Å². The average molecular weight is 591 g/mol. The fourth-order valence-electron chi connectivity index (χ4n) is 7.06. The second-order valence-electron chi connectivity index (χ2n) is 12.5. The lowest BCUT2D eigenvalue weighted by molar-refractivity contribution is 0.419. The first-order valence-electron chi connectivity index (χ1n) is 15.9. The van der Waals surface area contributed by atoms with Crippen molar-refractivity contribution in [1.29, 1.82) is 0 Å². The molecule has 0 aromatic heterocycles. The quantitative estimate of drug-likeness (QED) is 0.194. The molecule has 220 valence electrons. The van der Waals surface area contributed by atoms with Gasteiger partial charge in [-0.25, -0.2) is 0 Å². The summed E-state index contributed by atoms with van der Waals surface area (Å²) >= 11 is 0. The van der Waals surface area contributed by atoms with Gasteiger partial charge in [0.15, 0.2) is 0 Å². The molecule has 46 heavy (non-hydrogen) atoms. The van der Waals surface area contributed by atoms with Gasteiger partial charge in [0.25, 0.3) is 0 Å². The summed E-state index contributed by atoms with van der Waals surface area (Å²) in [5.41, 5.74) is 14.1. The van der Waals surface area contributed by atoms with Crippen LogP contribution in [0.4, 0.5) is 0 Å². The Morgan fingerprint density at radius 2 is 0.848 bits per heavy atom.